The van der Waals surface area contributed by atoms with Gasteiger partial charge in [-0.1, -0.05) is 47.6 Å². The van der Waals surface area contributed by atoms with Crippen LogP contribution < -0.4 is 5.69 Å². The maximum Gasteiger partial charge on any atom is 0.344 e. The maximum absolute atomic E-state index is 12.1. The summed E-state index contributed by atoms with van der Waals surface area (Å²) < 4.78 is 1.86. The molecule has 2 bridgehead atoms. The molecule has 0 spiro atoms. The van der Waals surface area contributed by atoms with Gasteiger partial charge in [0.25, 0.3) is 0 Å². The summed E-state index contributed by atoms with van der Waals surface area (Å²) in [6.45, 7) is 0. The number of hydrogen-bond acceptors (Lipinski definition) is 3. The van der Waals surface area contributed by atoms with E-state index in [1.807, 2.05) is 28.8 Å². The van der Waals surface area contributed by atoms with Crippen molar-refractivity contribution in [2.45, 2.75) is 29.8 Å². The standard InChI is InChI=1S/C16H16ClN3OS/c17-13-5-2-10(3-6-13)9-22-16-19-18-15(21)20(16)14-8-11-1-4-12(14)7-11/h1-6,11-12,14H,7-9H2,(H,18,21)/t11-,12-,14+/m0/s1. The largest absolute Gasteiger partial charge is 0.344 e. The zero-order valence-electron chi connectivity index (χ0n) is 11.9. The molecule has 1 heterocycles. The van der Waals surface area contributed by atoms with Gasteiger partial charge in [0.05, 0.1) is 0 Å². The molecule has 0 unspecified atom stereocenters. The quantitative estimate of drug-likeness (QED) is 0.686. The first-order chi connectivity index (χ1) is 10.7. The van der Waals surface area contributed by atoms with Crippen LogP contribution in [0.4, 0.5) is 0 Å². The Morgan fingerprint density at radius 3 is 2.77 bits per heavy atom. The summed E-state index contributed by atoms with van der Waals surface area (Å²) in [5.74, 6) is 1.89. The fourth-order valence-electron chi connectivity index (χ4n) is 3.46. The first kappa shape index (κ1) is 14.2. The maximum atomic E-state index is 12.1. The number of H-pyrrole nitrogens is 1. The molecule has 2 aromatic rings. The van der Waals surface area contributed by atoms with Crippen LogP contribution in [0.1, 0.15) is 24.4 Å². The Hall–Kier alpha value is -1.46. The molecule has 6 heteroatoms. The van der Waals surface area contributed by atoms with E-state index in [2.05, 4.69) is 22.3 Å². The summed E-state index contributed by atoms with van der Waals surface area (Å²) in [6, 6.07) is 8.04. The number of aromatic nitrogens is 3. The third-order valence-electron chi connectivity index (χ3n) is 4.53. The second-order valence-electron chi connectivity index (χ2n) is 5.94. The van der Waals surface area contributed by atoms with Crippen molar-refractivity contribution < 1.29 is 0 Å². The highest BCUT2D eigenvalue weighted by Crippen LogP contribution is 2.46. The van der Waals surface area contributed by atoms with Crippen LogP contribution in [0, 0.1) is 11.8 Å². The van der Waals surface area contributed by atoms with E-state index in [-0.39, 0.29) is 11.7 Å². The van der Waals surface area contributed by atoms with Gasteiger partial charge in [-0.05, 0) is 42.4 Å². The van der Waals surface area contributed by atoms with Gasteiger partial charge in [0.15, 0.2) is 5.16 Å². The second-order valence-corrected chi connectivity index (χ2v) is 7.32. The SMILES string of the molecule is O=c1[nH]nc(SCc2ccc(Cl)cc2)n1[C@@H]1C[C@H]2C=C[C@H]1C2. The van der Waals surface area contributed by atoms with Crippen LogP contribution in [0.2, 0.25) is 5.02 Å². The Bertz CT molecular complexity index is 764. The molecule has 3 atom stereocenters. The lowest BCUT2D eigenvalue weighted by Gasteiger charge is -2.20. The molecule has 114 valence electrons. The molecule has 0 radical (unpaired) electrons. The number of thioether (sulfide) groups is 1. The highest BCUT2D eigenvalue weighted by Gasteiger charge is 2.38. The van der Waals surface area contributed by atoms with Crippen molar-refractivity contribution >= 4 is 23.4 Å². The molecule has 0 amide bonds. The van der Waals surface area contributed by atoms with Gasteiger partial charge in [0.2, 0.25) is 0 Å². The fraction of sp³-hybridized carbons (Fsp3) is 0.375. The van der Waals surface area contributed by atoms with E-state index in [9.17, 15) is 4.79 Å². The van der Waals surface area contributed by atoms with Crippen molar-refractivity contribution in [3.8, 4) is 0 Å². The van der Waals surface area contributed by atoms with Crippen LogP contribution in [0.25, 0.3) is 0 Å². The molecule has 4 nitrogen and oxygen atoms in total. The molecule has 22 heavy (non-hydrogen) atoms. The number of allylic oxidation sites excluding steroid dienone is 2. The van der Waals surface area contributed by atoms with Gasteiger partial charge in [-0.25, -0.2) is 9.89 Å². The molecule has 2 aliphatic carbocycles. The third kappa shape index (κ3) is 2.52. The van der Waals surface area contributed by atoms with E-state index in [0.717, 1.165) is 22.4 Å². The van der Waals surface area contributed by atoms with E-state index in [0.29, 0.717) is 11.8 Å². The van der Waals surface area contributed by atoms with E-state index < -0.39 is 0 Å². The van der Waals surface area contributed by atoms with Crippen molar-refractivity contribution in [1.82, 2.24) is 14.8 Å². The van der Waals surface area contributed by atoms with Crippen molar-refractivity contribution in [3.05, 3.63) is 57.5 Å². The van der Waals surface area contributed by atoms with Gasteiger partial charge in [-0.2, -0.15) is 0 Å². The fourth-order valence-corrected chi connectivity index (χ4v) is 4.54. The van der Waals surface area contributed by atoms with E-state index in [1.165, 1.54) is 12.0 Å². The number of benzene rings is 1. The van der Waals surface area contributed by atoms with Crippen molar-refractivity contribution in [2.75, 3.05) is 0 Å². The zero-order chi connectivity index (χ0) is 15.1. The first-order valence-electron chi connectivity index (χ1n) is 7.43. The smallest absolute Gasteiger partial charge is 0.266 e. The van der Waals surface area contributed by atoms with Crippen molar-refractivity contribution in [1.29, 1.82) is 0 Å². The molecular weight excluding hydrogens is 318 g/mol. The topological polar surface area (TPSA) is 50.7 Å². The highest BCUT2D eigenvalue weighted by atomic mass is 35.5. The van der Waals surface area contributed by atoms with Crippen LogP contribution in [0.5, 0.6) is 0 Å². The third-order valence-corrected chi connectivity index (χ3v) is 5.80. The summed E-state index contributed by atoms with van der Waals surface area (Å²) in [5, 5.41) is 8.34. The summed E-state index contributed by atoms with van der Waals surface area (Å²) in [4.78, 5) is 12.1. The van der Waals surface area contributed by atoms with Crippen LogP contribution in [-0.2, 0) is 5.75 Å². The van der Waals surface area contributed by atoms with Gasteiger partial charge in [-0.3, -0.25) is 4.57 Å². The monoisotopic (exact) mass is 333 g/mol. The molecule has 1 saturated carbocycles. The summed E-state index contributed by atoms with van der Waals surface area (Å²) in [7, 11) is 0. The minimum Gasteiger partial charge on any atom is -0.266 e. The Kier molecular flexibility index (Phi) is 3.62. The molecule has 1 fully saturated rings. The lowest BCUT2D eigenvalue weighted by Crippen LogP contribution is -2.25. The van der Waals surface area contributed by atoms with Crippen LogP contribution in [-0.4, -0.2) is 14.8 Å². The van der Waals surface area contributed by atoms with Crippen LogP contribution in [0.15, 0.2) is 46.4 Å². The van der Waals surface area contributed by atoms with Gasteiger partial charge < -0.3 is 0 Å². The number of halogens is 1. The minimum absolute atomic E-state index is 0.0930. The van der Waals surface area contributed by atoms with Gasteiger partial charge in [0, 0.05) is 16.8 Å². The minimum atomic E-state index is -0.0930. The second kappa shape index (κ2) is 5.63. The van der Waals surface area contributed by atoms with Gasteiger partial charge >= 0.3 is 5.69 Å². The number of hydrogen-bond donors (Lipinski definition) is 1. The molecule has 1 N–H and O–H groups in total. The Morgan fingerprint density at radius 2 is 2.09 bits per heavy atom. The average Bonchev–Trinajstić information content (AvgIpc) is 3.22. The molecule has 0 aliphatic heterocycles. The number of rotatable bonds is 4. The Morgan fingerprint density at radius 1 is 1.27 bits per heavy atom. The predicted octanol–water partition coefficient (Wildman–Crippen LogP) is 3.65. The lowest BCUT2D eigenvalue weighted by atomic mass is 10.0. The summed E-state index contributed by atoms with van der Waals surface area (Å²) in [6.07, 6.45) is 6.76. The molecular formula is C16H16ClN3OS. The average molecular weight is 334 g/mol. The molecule has 4 rings (SSSR count). The van der Waals surface area contributed by atoms with Crippen molar-refractivity contribution in [2.24, 2.45) is 11.8 Å². The van der Waals surface area contributed by atoms with Crippen LogP contribution in [0.3, 0.4) is 0 Å². The summed E-state index contributed by atoms with van der Waals surface area (Å²) in [5.41, 5.74) is 1.08. The first-order valence-corrected chi connectivity index (χ1v) is 8.79. The number of aromatic amines is 1. The number of nitrogens with one attached hydrogen (secondary N) is 1. The van der Waals surface area contributed by atoms with Crippen LogP contribution >= 0.6 is 23.4 Å². The lowest BCUT2D eigenvalue weighted by molar-refractivity contribution is 0.396. The van der Waals surface area contributed by atoms with E-state index >= 15 is 0 Å². The number of fused-ring (bicyclic) bond motifs is 2. The number of nitrogens with zero attached hydrogens (tertiary/aromatic N) is 2. The summed E-state index contributed by atoms with van der Waals surface area (Å²) >= 11 is 7.50. The van der Waals surface area contributed by atoms with Gasteiger partial charge in [-0.15, -0.1) is 5.10 Å². The molecule has 0 saturated heterocycles. The molecule has 1 aromatic carbocycles. The molecule has 1 aromatic heterocycles. The Balaban J connectivity index is 1.54. The normalized spacial score (nSPS) is 26.0. The van der Waals surface area contributed by atoms with Gasteiger partial charge in [0.1, 0.15) is 0 Å². The van der Waals surface area contributed by atoms with Crippen molar-refractivity contribution in [3.63, 3.8) is 0 Å². The Labute approximate surface area is 137 Å². The molecule has 2 aliphatic rings. The van der Waals surface area contributed by atoms with E-state index in [1.54, 1.807) is 11.8 Å². The van der Waals surface area contributed by atoms with E-state index in [4.69, 9.17) is 11.6 Å². The zero-order valence-corrected chi connectivity index (χ0v) is 13.5. The highest BCUT2D eigenvalue weighted by molar-refractivity contribution is 7.98. The predicted molar refractivity (Wildman–Crippen MR) is 88.3 cm³/mol.